The van der Waals surface area contributed by atoms with E-state index in [4.69, 9.17) is 27.9 Å². The fraction of sp³-hybridized carbons (Fsp3) is 0.316. The molecule has 0 spiro atoms. The van der Waals surface area contributed by atoms with Gasteiger partial charge in [-0.05, 0) is 48.4 Å². The van der Waals surface area contributed by atoms with Gasteiger partial charge in [0.15, 0.2) is 0 Å². The molecule has 1 amide bonds. The molecular formula is C19H20Cl2N2O4S. The topological polar surface area (TPSA) is 75.7 Å². The van der Waals surface area contributed by atoms with Gasteiger partial charge in [0.1, 0.15) is 0 Å². The molecule has 0 saturated carbocycles. The predicted molar refractivity (Wildman–Crippen MR) is 109 cm³/mol. The number of nitrogens with zero attached hydrogens (tertiary/aromatic N) is 1. The number of benzene rings is 2. The molecule has 150 valence electrons. The van der Waals surface area contributed by atoms with Crippen molar-refractivity contribution in [2.24, 2.45) is 0 Å². The number of rotatable bonds is 6. The van der Waals surface area contributed by atoms with Crippen molar-refractivity contribution in [1.29, 1.82) is 0 Å². The minimum atomic E-state index is -3.57. The van der Waals surface area contributed by atoms with Gasteiger partial charge in [-0.15, -0.1) is 0 Å². The average Bonchev–Trinajstić information content (AvgIpc) is 2.70. The van der Waals surface area contributed by atoms with E-state index in [0.717, 1.165) is 5.56 Å². The molecule has 6 nitrogen and oxygen atoms in total. The molecule has 0 unspecified atom stereocenters. The normalized spacial score (nSPS) is 15.4. The smallest absolute Gasteiger partial charge is 0.251 e. The molecule has 1 saturated heterocycles. The summed E-state index contributed by atoms with van der Waals surface area (Å²) in [4.78, 5) is 12.5. The Morgan fingerprint density at radius 3 is 2.39 bits per heavy atom. The summed E-state index contributed by atoms with van der Waals surface area (Å²) < 4.78 is 31.8. The number of nitrogens with one attached hydrogen (secondary N) is 1. The monoisotopic (exact) mass is 442 g/mol. The van der Waals surface area contributed by atoms with Crippen LogP contribution in [0.5, 0.6) is 0 Å². The number of carbonyl (C=O) groups excluding carboxylic acids is 1. The second kappa shape index (κ2) is 9.24. The van der Waals surface area contributed by atoms with E-state index in [0.29, 0.717) is 54.9 Å². The highest BCUT2D eigenvalue weighted by molar-refractivity contribution is 7.89. The van der Waals surface area contributed by atoms with E-state index in [1.807, 2.05) is 6.07 Å². The Hall–Kier alpha value is -1.64. The Morgan fingerprint density at radius 2 is 1.75 bits per heavy atom. The highest BCUT2D eigenvalue weighted by atomic mass is 35.5. The molecule has 28 heavy (non-hydrogen) atoms. The van der Waals surface area contributed by atoms with E-state index in [1.54, 1.807) is 12.1 Å². The van der Waals surface area contributed by atoms with Gasteiger partial charge in [-0.3, -0.25) is 4.79 Å². The van der Waals surface area contributed by atoms with Gasteiger partial charge in [-0.25, -0.2) is 8.42 Å². The van der Waals surface area contributed by atoms with Crippen molar-refractivity contribution < 1.29 is 17.9 Å². The number of ether oxygens (including phenoxy) is 1. The zero-order valence-electron chi connectivity index (χ0n) is 15.0. The molecule has 0 bridgehead atoms. The fourth-order valence-electron chi connectivity index (χ4n) is 2.85. The van der Waals surface area contributed by atoms with E-state index < -0.39 is 10.0 Å². The maximum absolute atomic E-state index is 12.6. The van der Waals surface area contributed by atoms with Crippen LogP contribution in [0.4, 0.5) is 0 Å². The highest BCUT2D eigenvalue weighted by Gasteiger charge is 2.26. The van der Waals surface area contributed by atoms with Gasteiger partial charge in [-0.1, -0.05) is 29.3 Å². The summed E-state index contributed by atoms with van der Waals surface area (Å²) in [5.41, 5.74) is 1.28. The van der Waals surface area contributed by atoms with E-state index in [9.17, 15) is 13.2 Å². The van der Waals surface area contributed by atoms with Crippen molar-refractivity contribution in [2.75, 3.05) is 32.8 Å². The molecule has 2 aromatic carbocycles. The lowest BCUT2D eigenvalue weighted by Gasteiger charge is -2.26. The number of morpholine rings is 1. The van der Waals surface area contributed by atoms with Crippen LogP contribution in [0.2, 0.25) is 10.0 Å². The van der Waals surface area contributed by atoms with Crippen molar-refractivity contribution in [3.05, 3.63) is 63.6 Å². The van der Waals surface area contributed by atoms with Gasteiger partial charge in [0, 0.05) is 35.2 Å². The second-order valence-electron chi connectivity index (χ2n) is 6.28. The molecule has 0 atom stereocenters. The Kier molecular flexibility index (Phi) is 6.95. The fourth-order valence-corrected chi connectivity index (χ4v) is 4.76. The summed E-state index contributed by atoms with van der Waals surface area (Å²) in [5.74, 6) is -0.277. The van der Waals surface area contributed by atoms with Crippen molar-refractivity contribution in [2.45, 2.75) is 11.3 Å². The first-order valence-electron chi connectivity index (χ1n) is 8.78. The Morgan fingerprint density at radius 1 is 1.07 bits per heavy atom. The van der Waals surface area contributed by atoms with Gasteiger partial charge in [0.2, 0.25) is 10.0 Å². The van der Waals surface area contributed by atoms with E-state index >= 15 is 0 Å². The number of amides is 1. The van der Waals surface area contributed by atoms with Crippen LogP contribution in [0.1, 0.15) is 15.9 Å². The summed E-state index contributed by atoms with van der Waals surface area (Å²) in [5, 5.41) is 3.92. The Balaban J connectivity index is 1.59. The maximum atomic E-state index is 12.6. The first kappa shape index (κ1) is 21.1. The molecule has 2 aromatic rings. The molecule has 1 heterocycles. The lowest BCUT2D eigenvalue weighted by atomic mass is 10.1. The van der Waals surface area contributed by atoms with Crippen molar-refractivity contribution in [3.8, 4) is 0 Å². The molecule has 0 aromatic heterocycles. The minimum absolute atomic E-state index is 0.166. The standard InChI is InChI=1S/C19H20Cl2N2O4S/c20-16-4-1-14(18(21)13-16)7-8-22-19(24)15-2-5-17(6-3-15)28(25,26)23-9-11-27-12-10-23/h1-6,13H,7-12H2,(H,22,24). The molecule has 1 aliphatic heterocycles. The van der Waals surface area contributed by atoms with E-state index in [1.165, 1.54) is 28.6 Å². The van der Waals surface area contributed by atoms with Crippen LogP contribution in [0.15, 0.2) is 47.4 Å². The van der Waals surface area contributed by atoms with Crippen LogP contribution >= 0.6 is 23.2 Å². The quantitative estimate of drug-likeness (QED) is 0.745. The molecule has 1 N–H and O–H groups in total. The second-order valence-corrected chi connectivity index (χ2v) is 9.06. The minimum Gasteiger partial charge on any atom is -0.379 e. The first-order valence-corrected chi connectivity index (χ1v) is 11.0. The third-order valence-electron chi connectivity index (χ3n) is 4.42. The zero-order valence-corrected chi connectivity index (χ0v) is 17.4. The summed E-state index contributed by atoms with van der Waals surface area (Å²) in [7, 11) is -3.57. The van der Waals surface area contributed by atoms with Crippen molar-refractivity contribution in [1.82, 2.24) is 9.62 Å². The summed E-state index contributed by atoms with van der Waals surface area (Å²) in [6.07, 6.45) is 0.561. The van der Waals surface area contributed by atoms with Crippen LogP contribution in [-0.4, -0.2) is 51.5 Å². The van der Waals surface area contributed by atoms with Crippen LogP contribution in [0, 0.1) is 0 Å². The number of hydrogen-bond acceptors (Lipinski definition) is 4. The number of halogens is 2. The largest absolute Gasteiger partial charge is 0.379 e. The van der Waals surface area contributed by atoms with Crippen LogP contribution in [0.3, 0.4) is 0 Å². The zero-order chi connectivity index (χ0) is 20.1. The van der Waals surface area contributed by atoms with Crippen LogP contribution in [-0.2, 0) is 21.2 Å². The van der Waals surface area contributed by atoms with Gasteiger partial charge < -0.3 is 10.1 Å². The van der Waals surface area contributed by atoms with Gasteiger partial charge >= 0.3 is 0 Å². The Bertz CT molecular complexity index is 943. The van der Waals surface area contributed by atoms with Crippen LogP contribution < -0.4 is 5.32 Å². The lowest BCUT2D eigenvalue weighted by molar-refractivity contribution is 0.0730. The summed E-state index contributed by atoms with van der Waals surface area (Å²) in [6, 6.07) is 11.2. The molecular weight excluding hydrogens is 423 g/mol. The molecule has 1 fully saturated rings. The average molecular weight is 443 g/mol. The predicted octanol–water partition coefficient (Wildman–Crippen LogP) is 2.99. The first-order chi connectivity index (χ1) is 13.4. The Labute approximate surface area is 174 Å². The summed E-state index contributed by atoms with van der Waals surface area (Å²) >= 11 is 12.0. The molecule has 9 heteroatoms. The van der Waals surface area contributed by atoms with E-state index in [-0.39, 0.29) is 10.8 Å². The number of carbonyl (C=O) groups is 1. The maximum Gasteiger partial charge on any atom is 0.251 e. The van der Waals surface area contributed by atoms with Crippen molar-refractivity contribution >= 4 is 39.1 Å². The molecule has 0 aliphatic carbocycles. The molecule has 0 radical (unpaired) electrons. The third kappa shape index (κ3) is 5.04. The number of sulfonamides is 1. The van der Waals surface area contributed by atoms with Gasteiger partial charge in [0.05, 0.1) is 18.1 Å². The van der Waals surface area contributed by atoms with Crippen LogP contribution in [0.25, 0.3) is 0 Å². The third-order valence-corrected chi connectivity index (χ3v) is 6.92. The van der Waals surface area contributed by atoms with Gasteiger partial charge in [0.25, 0.3) is 5.91 Å². The molecule has 3 rings (SSSR count). The van der Waals surface area contributed by atoms with E-state index in [2.05, 4.69) is 5.32 Å². The summed E-state index contributed by atoms with van der Waals surface area (Å²) in [6.45, 7) is 1.83. The lowest BCUT2D eigenvalue weighted by Crippen LogP contribution is -2.40. The molecule has 1 aliphatic rings. The number of hydrogen-bond donors (Lipinski definition) is 1. The SMILES string of the molecule is O=C(NCCc1ccc(Cl)cc1Cl)c1ccc(S(=O)(=O)N2CCOCC2)cc1. The highest BCUT2D eigenvalue weighted by Crippen LogP contribution is 2.21. The van der Waals surface area contributed by atoms with Gasteiger partial charge in [-0.2, -0.15) is 4.31 Å². The van der Waals surface area contributed by atoms with Crippen molar-refractivity contribution in [3.63, 3.8) is 0 Å².